The Hall–Kier alpha value is -3.06. The van der Waals surface area contributed by atoms with Crippen molar-refractivity contribution in [2.75, 3.05) is 0 Å². The molecule has 0 atom stereocenters. The second kappa shape index (κ2) is 8.62. The first kappa shape index (κ1) is 22.7. The van der Waals surface area contributed by atoms with Crippen molar-refractivity contribution in [3.63, 3.8) is 0 Å². The summed E-state index contributed by atoms with van der Waals surface area (Å²) in [5, 5.41) is 6.79. The number of hydrogen-bond donors (Lipinski definition) is 0. The summed E-state index contributed by atoms with van der Waals surface area (Å²) in [5.74, 6) is 0. The minimum Gasteiger partial charge on any atom is -0.229 e. The summed E-state index contributed by atoms with van der Waals surface area (Å²) in [7, 11) is 0. The number of alkyl halides is 3. The van der Waals surface area contributed by atoms with E-state index in [1.54, 1.807) is 53.2 Å². The van der Waals surface area contributed by atoms with Gasteiger partial charge in [-0.15, -0.1) is 5.10 Å². The third-order valence-corrected chi connectivity index (χ3v) is 6.07. The van der Waals surface area contributed by atoms with Crippen molar-refractivity contribution in [1.82, 2.24) is 14.8 Å². The molecule has 0 aliphatic rings. The molecule has 3 aromatic carbocycles. The monoisotopic (exact) mass is 517 g/mol. The van der Waals surface area contributed by atoms with E-state index >= 15 is 0 Å². The van der Waals surface area contributed by atoms with E-state index in [0.29, 0.717) is 48.7 Å². The molecular weight excluding hydrogens is 506 g/mol. The average Bonchev–Trinajstić information content (AvgIpc) is 3.17. The molecular formula is C25H13Cl3F3N3. The van der Waals surface area contributed by atoms with Crippen LogP contribution in [0, 0.1) is 0 Å². The van der Waals surface area contributed by atoms with Gasteiger partial charge in [0, 0.05) is 26.6 Å². The first-order valence-corrected chi connectivity index (χ1v) is 11.1. The molecule has 2 aromatic heterocycles. The number of aromatic nitrogens is 3. The third kappa shape index (κ3) is 4.25. The molecule has 0 unspecified atom stereocenters. The van der Waals surface area contributed by atoms with Gasteiger partial charge in [0.2, 0.25) is 0 Å². The number of nitrogens with zero attached hydrogens (tertiary/aromatic N) is 3. The average molecular weight is 519 g/mol. The van der Waals surface area contributed by atoms with Crippen LogP contribution >= 0.6 is 34.8 Å². The molecule has 0 saturated carbocycles. The zero-order valence-corrected chi connectivity index (χ0v) is 19.4. The summed E-state index contributed by atoms with van der Waals surface area (Å²) in [6.45, 7) is 0. The van der Waals surface area contributed by atoms with Crippen molar-refractivity contribution in [3.05, 3.63) is 99.5 Å². The van der Waals surface area contributed by atoms with Crippen LogP contribution in [0.5, 0.6) is 0 Å². The molecule has 0 aliphatic heterocycles. The largest absolute Gasteiger partial charge is 0.416 e. The van der Waals surface area contributed by atoms with Gasteiger partial charge in [-0.1, -0.05) is 59.1 Å². The molecule has 0 radical (unpaired) electrons. The zero-order chi connectivity index (χ0) is 24.0. The zero-order valence-electron chi connectivity index (χ0n) is 17.1. The highest BCUT2D eigenvalue weighted by atomic mass is 35.5. The summed E-state index contributed by atoms with van der Waals surface area (Å²) >= 11 is 18.6. The van der Waals surface area contributed by atoms with Gasteiger partial charge in [0.25, 0.3) is 0 Å². The Morgan fingerprint density at radius 2 is 1.47 bits per heavy atom. The van der Waals surface area contributed by atoms with Crippen molar-refractivity contribution in [3.8, 4) is 28.2 Å². The lowest BCUT2D eigenvalue weighted by molar-refractivity contribution is -0.137. The number of benzene rings is 3. The van der Waals surface area contributed by atoms with Gasteiger partial charge in [-0.3, -0.25) is 0 Å². The molecule has 0 saturated heterocycles. The van der Waals surface area contributed by atoms with Gasteiger partial charge in [-0.2, -0.15) is 13.2 Å². The first-order chi connectivity index (χ1) is 16.2. The van der Waals surface area contributed by atoms with E-state index in [1.165, 1.54) is 6.07 Å². The highest BCUT2D eigenvalue weighted by Gasteiger charge is 2.30. The fourth-order valence-corrected chi connectivity index (χ4v) is 4.31. The predicted molar refractivity (Wildman–Crippen MR) is 130 cm³/mol. The van der Waals surface area contributed by atoms with Crippen molar-refractivity contribution < 1.29 is 13.2 Å². The van der Waals surface area contributed by atoms with Crippen LogP contribution in [0.25, 0.3) is 39.2 Å². The lowest BCUT2D eigenvalue weighted by Gasteiger charge is -2.10. The minimum atomic E-state index is -4.45. The molecule has 0 bridgehead atoms. The molecule has 34 heavy (non-hydrogen) atoms. The van der Waals surface area contributed by atoms with Crippen LogP contribution in [0.2, 0.25) is 15.1 Å². The summed E-state index contributed by atoms with van der Waals surface area (Å²) in [6.07, 6.45) is -4.45. The summed E-state index contributed by atoms with van der Waals surface area (Å²) in [5.41, 5.74) is 2.41. The Morgan fingerprint density at radius 3 is 2.18 bits per heavy atom. The second-order valence-corrected chi connectivity index (χ2v) is 8.79. The molecule has 0 aliphatic carbocycles. The van der Waals surface area contributed by atoms with Crippen molar-refractivity contribution in [2.45, 2.75) is 6.18 Å². The lowest BCUT2D eigenvalue weighted by Crippen LogP contribution is -2.04. The third-order valence-electron chi connectivity index (χ3n) is 5.28. The summed E-state index contributed by atoms with van der Waals surface area (Å²) in [6, 6.07) is 20.7. The number of rotatable bonds is 3. The standard InChI is InChI=1S/C25H13Cl3F3N3/c26-17-6-4-14(5-7-17)23-19-9-10-21(15-2-1-3-16(12-15)25(29,30)31)32-24(19)33-34(23)22-11-8-18(27)13-20(22)28/h1-13H. The van der Waals surface area contributed by atoms with E-state index < -0.39 is 11.7 Å². The van der Waals surface area contributed by atoms with Gasteiger partial charge >= 0.3 is 6.18 Å². The Labute approximate surface area is 207 Å². The van der Waals surface area contributed by atoms with E-state index in [9.17, 15) is 13.2 Å². The maximum atomic E-state index is 13.2. The maximum Gasteiger partial charge on any atom is 0.416 e. The Morgan fingerprint density at radius 1 is 0.735 bits per heavy atom. The van der Waals surface area contributed by atoms with Crippen molar-refractivity contribution in [1.29, 1.82) is 0 Å². The smallest absolute Gasteiger partial charge is 0.229 e. The normalized spacial score (nSPS) is 11.8. The molecule has 170 valence electrons. The van der Waals surface area contributed by atoms with E-state index in [-0.39, 0.29) is 0 Å². The predicted octanol–water partition coefficient (Wildman–Crippen LogP) is 8.73. The quantitative estimate of drug-likeness (QED) is 0.239. The van der Waals surface area contributed by atoms with Gasteiger partial charge in [0.05, 0.1) is 27.7 Å². The summed E-state index contributed by atoms with van der Waals surface area (Å²) in [4.78, 5) is 4.57. The highest BCUT2D eigenvalue weighted by Crippen LogP contribution is 2.36. The topological polar surface area (TPSA) is 30.7 Å². The van der Waals surface area contributed by atoms with Crippen LogP contribution < -0.4 is 0 Å². The lowest BCUT2D eigenvalue weighted by atomic mass is 10.1. The molecule has 3 nitrogen and oxygen atoms in total. The SMILES string of the molecule is FC(F)(F)c1cccc(-c2ccc3c(-c4ccc(Cl)cc4)n(-c4ccc(Cl)cc4Cl)nc3n2)c1. The Bertz CT molecular complexity index is 1530. The fraction of sp³-hybridized carbons (Fsp3) is 0.0400. The highest BCUT2D eigenvalue weighted by molar-refractivity contribution is 6.35. The van der Waals surface area contributed by atoms with Crippen molar-refractivity contribution >= 4 is 45.8 Å². The van der Waals surface area contributed by atoms with Crippen LogP contribution in [-0.4, -0.2) is 14.8 Å². The molecule has 0 fully saturated rings. The van der Waals surface area contributed by atoms with Crippen LogP contribution in [0.15, 0.2) is 78.9 Å². The van der Waals surface area contributed by atoms with E-state index in [4.69, 9.17) is 34.8 Å². The number of hydrogen-bond acceptors (Lipinski definition) is 2. The number of pyridine rings is 1. The van der Waals surface area contributed by atoms with Gasteiger partial charge in [0.1, 0.15) is 0 Å². The Balaban J connectivity index is 1.73. The molecule has 2 heterocycles. The van der Waals surface area contributed by atoms with E-state index in [0.717, 1.165) is 17.7 Å². The van der Waals surface area contributed by atoms with Gasteiger partial charge in [0.15, 0.2) is 5.65 Å². The van der Waals surface area contributed by atoms with Gasteiger partial charge in [-0.25, -0.2) is 9.67 Å². The van der Waals surface area contributed by atoms with Crippen molar-refractivity contribution in [2.24, 2.45) is 0 Å². The maximum absolute atomic E-state index is 13.2. The van der Waals surface area contributed by atoms with Crippen LogP contribution in [-0.2, 0) is 6.18 Å². The number of fused-ring (bicyclic) bond motifs is 1. The number of halogens is 6. The minimum absolute atomic E-state index is 0.337. The van der Waals surface area contributed by atoms with Crippen LogP contribution in [0.4, 0.5) is 13.2 Å². The van der Waals surface area contributed by atoms with Crippen LogP contribution in [0.1, 0.15) is 5.56 Å². The van der Waals surface area contributed by atoms with E-state index in [2.05, 4.69) is 10.1 Å². The van der Waals surface area contributed by atoms with Gasteiger partial charge < -0.3 is 0 Å². The molecule has 5 aromatic rings. The van der Waals surface area contributed by atoms with E-state index in [1.807, 2.05) is 12.1 Å². The Kier molecular flexibility index (Phi) is 5.76. The molecule has 0 spiro atoms. The second-order valence-electron chi connectivity index (χ2n) is 7.51. The summed E-state index contributed by atoms with van der Waals surface area (Å²) < 4.78 is 41.2. The molecule has 0 amide bonds. The molecule has 5 rings (SSSR count). The first-order valence-electron chi connectivity index (χ1n) is 9.99. The fourth-order valence-electron chi connectivity index (χ4n) is 3.70. The van der Waals surface area contributed by atoms with Gasteiger partial charge in [-0.05, 0) is 54.6 Å². The van der Waals surface area contributed by atoms with Crippen LogP contribution in [0.3, 0.4) is 0 Å². The molecule has 0 N–H and O–H groups in total. The molecule has 9 heteroatoms.